The highest BCUT2D eigenvalue weighted by Gasteiger charge is 2.33. The highest BCUT2D eigenvalue weighted by Crippen LogP contribution is 2.32. The number of rotatable bonds is 3. The SMILES string of the molecule is Cc1cc(Br)oc1C(=O)N(C)Cc1ccccc1C(F)(F)F. The number of amides is 1. The van der Waals surface area contributed by atoms with E-state index in [1.54, 1.807) is 13.0 Å². The molecule has 0 bridgehead atoms. The van der Waals surface area contributed by atoms with Crippen LogP contribution in [0, 0.1) is 6.92 Å². The van der Waals surface area contributed by atoms with Crippen molar-refractivity contribution in [1.29, 1.82) is 0 Å². The van der Waals surface area contributed by atoms with Gasteiger partial charge in [-0.3, -0.25) is 4.79 Å². The first-order valence-corrected chi connectivity index (χ1v) is 7.16. The maximum Gasteiger partial charge on any atom is 0.416 e. The number of carbonyl (C=O) groups excluding carboxylic acids is 1. The second-order valence-electron chi connectivity index (χ2n) is 4.88. The average Bonchev–Trinajstić information content (AvgIpc) is 2.76. The summed E-state index contributed by atoms with van der Waals surface area (Å²) in [6.45, 7) is 1.53. The van der Waals surface area contributed by atoms with Crippen LogP contribution in [0.5, 0.6) is 0 Å². The van der Waals surface area contributed by atoms with E-state index in [1.807, 2.05) is 0 Å². The Bertz CT molecular complexity index is 694. The summed E-state index contributed by atoms with van der Waals surface area (Å²) >= 11 is 3.12. The number of halogens is 4. The van der Waals surface area contributed by atoms with Crippen LogP contribution < -0.4 is 0 Å². The van der Waals surface area contributed by atoms with Crippen molar-refractivity contribution in [2.75, 3.05) is 7.05 Å². The summed E-state index contributed by atoms with van der Waals surface area (Å²) < 4.78 is 44.5. The van der Waals surface area contributed by atoms with Gasteiger partial charge in [0.2, 0.25) is 0 Å². The zero-order valence-electron chi connectivity index (χ0n) is 11.9. The van der Waals surface area contributed by atoms with Gasteiger partial charge in [-0.25, -0.2) is 0 Å². The molecule has 2 aromatic rings. The van der Waals surface area contributed by atoms with Crippen molar-refractivity contribution in [3.8, 4) is 0 Å². The predicted octanol–water partition coefficient (Wildman–Crippen LogP) is 4.64. The van der Waals surface area contributed by atoms with Gasteiger partial charge in [0.25, 0.3) is 5.91 Å². The fraction of sp³-hybridized carbons (Fsp3) is 0.267. The van der Waals surface area contributed by atoms with Crippen molar-refractivity contribution in [2.24, 2.45) is 0 Å². The highest BCUT2D eigenvalue weighted by atomic mass is 79.9. The third-order valence-electron chi connectivity index (χ3n) is 3.16. The van der Waals surface area contributed by atoms with Crippen LogP contribution in [0.4, 0.5) is 13.2 Å². The molecule has 0 radical (unpaired) electrons. The van der Waals surface area contributed by atoms with Crippen LogP contribution in [-0.4, -0.2) is 17.9 Å². The zero-order chi connectivity index (χ0) is 16.5. The summed E-state index contributed by atoms with van der Waals surface area (Å²) in [6.07, 6.45) is -4.45. The van der Waals surface area contributed by atoms with E-state index in [9.17, 15) is 18.0 Å². The van der Waals surface area contributed by atoms with E-state index in [1.165, 1.54) is 30.1 Å². The van der Waals surface area contributed by atoms with Crippen LogP contribution in [0.25, 0.3) is 0 Å². The molecule has 1 aromatic heterocycles. The second-order valence-corrected chi connectivity index (χ2v) is 5.66. The topological polar surface area (TPSA) is 33.5 Å². The Balaban J connectivity index is 2.24. The normalized spacial score (nSPS) is 11.5. The zero-order valence-corrected chi connectivity index (χ0v) is 13.5. The molecule has 7 heteroatoms. The molecule has 0 fully saturated rings. The average molecular weight is 376 g/mol. The molecule has 0 saturated heterocycles. The van der Waals surface area contributed by atoms with Gasteiger partial charge in [0.05, 0.1) is 5.56 Å². The first-order valence-electron chi connectivity index (χ1n) is 6.36. The van der Waals surface area contributed by atoms with Crippen LogP contribution in [0.2, 0.25) is 0 Å². The standard InChI is InChI=1S/C15H13BrF3NO2/c1-9-7-12(16)22-13(9)14(21)20(2)8-10-5-3-4-6-11(10)15(17,18)19/h3-7H,8H2,1-2H3. The molecule has 0 spiro atoms. The van der Waals surface area contributed by atoms with Gasteiger partial charge in [-0.15, -0.1) is 0 Å². The molecule has 1 heterocycles. The molecule has 0 saturated carbocycles. The largest absolute Gasteiger partial charge is 0.444 e. The summed E-state index contributed by atoms with van der Waals surface area (Å²) in [7, 11) is 1.44. The van der Waals surface area contributed by atoms with Crippen LogP contribution in [0.1, 0.15) is 27.2 Å². The van der Waals surface area contributed by atoms with E-state index >= 15 is 0 Å². The van der Waals surface area contributed by atoms with Gasteiger partial charge in [-0.05, 0) is 40.5 Å². The third kappa shape index (κ3) is 3.52. The third-order valence-corrected chi connectivity index (χ3v) is 3.55. The molecular weight excluding hydrogens is 363 g/mol. The molecule has 0 aliphatic rings. The molecule has 0 aliphatic carbocycles. The summed E-state index contributed by atoms with van der Waals surface area (Å²) in [5.41, 5.74) is -0.0889. The van der Waals surface area contributed by atoms with Crippen LogP contribution in [-0.2, 0) is 12.7 Å². The minimum atomic E-state index is -4.45. The number of alkyl halides is 3. The maximum atomic E-state index is 13.0. The molecule has 0 aliphatic heterocycles. The first-order chi connectivity index (χ1) is 10.2. The number of hydrogen-bond donors (Lipinski definition) is 0. The van der Waals surface area contributed by atoms with Gasteiger partial charge in [0.1, 0.15) is 0 Å². The quantitative estimate of drug-likeness (QED) is 0.782. The Morgan fingerprint density at radius 3 is 2.50 bits per heavy atom. The Hall–Kier alpha value is -1.76. The predicted molar refractivity (Wildman–Crippen MR) is 78.4 cm³/mol. The lowest BCUT2D eigenvalue weighted by Gasteiger charge is -2.19. The van der Waals surface area contributed by atoms with E-state index in [-0.39, 0.29) is 17.9 Å². The lowest BCUT2D eigenvalue weighted by Crippen LogP contribution is -2.27. The molecule has 118 valence electrons. The molecule has 0 N–H and O–H groups in total. The molecule has 0 unspecified atom stereocenters. The van der Waals surface area contributed by atoms with E-state index in [0.717, 1.165) is 6.07 Å². The molecule has 2 rings (SSSR count). The van der Waals surface area contributed by atoms with Crippen LogP contribution in [0.3, 0.4) is 0 Å². The molecule has 3 nitrogen and oxygen atoms in total. The van der Waals surface area contributed by atoms with Crippen molar-refractivity contribution in [2.45, 2.75) is 19.6 Å². The minimum Gasteiger partial charge on any atom is -0.444 e. The van der Waals surface area contributed by atoms with Crippen LogP contribution in [0.15, 0.2) is 39.4 Å². The molecule has 0 atom stereocenters. The Kier molecular flexibility index (Phi) is 4.65. The Labute approximate surface area is 133 Å². The fourth-order valence-corrected chi connectivity index (χ4v) is 2.60. The lowest BCUT2D eigenvalue weighted by molar-refractivity contribution is -0.138. The van der Waals surface area contributed by atoms with Crippen molar-refractivity contribution in [3.05, 3.63) is 57.5 Å². The van der Waals surface area contributed by atoms with Gasteiger partial charge in [0.15, 0.2) is 10.4 Å². The lowest BCUT2D eigenvalue weighted by atomic mass is 10.1. The second kappa shape index (κ2) is 6.16. The van der Waals surface area contributed by atoms with E-state index in [0.29, 0.717) is 10.2 Å². The summed E-state index contributed by atoms with van der Waals surface area (Å²) in [4.78, 5) is 13.5. The van der Waals surface area contributed by atoms with Crippen LogP contribution >= 0.6 is 15.9 Å². The molecule has 1 amide bonds. The number of benzene rings is 1. The van der Waals surface area contributed by atoms with Gasteiger partial charge < -0.3 is 9.32 Å². The smallest absolute Gasteiger partial charge is 0.416 e. The van der Waals surface area contributed by atoms with E-state index in [2.05, 4.69) is 15.9 Å². The van der Waals surface area contributed by atoms with Crippen molar-refractivity contribution in [1.82, 2.24) is 4.90 Å². The van der Waals surface area contributed by atoms with Crippen molar-refractivity contribution < 1.29 is 22.4 Å². The summed E-state index contributed by atoms with van der Waals surface area (Å²) in [5.74, 6) is -0.362. The number of furan rings is 1. The summed E-state index contributed by atoms with van der Waals surface area (Å²) in [6, 6.07) is 6.82. The summed E-state index contributed by atoms with van der Waals surface area (Å²) in [5, 5.41) is 0. The molecular formula is C15H13BrF3NO2. The Morgan fingerprint density at radius 2 is 1.95 bits per heavy atom. The number of hydrogen-bond acceptors (Lipinski definition) is 2. The molecule has 22 heavy (non-hydrogen) atoms. The maximum absolute atomic E-state index is 13.0. The molecule has 1 aromatic carbocycles. The number of nitrogens with zero attached hydrogens (tertiary/aromatic N) is 1. The van der Waals surface area contributed by atoms with E-state index in [4.69, 9.17) is 4.42 Å². The van der Waals surface area contributed by atoms with E-state index < -0.39 is 17.6 Å². The number of aryl methyl sites for hydroxylation is 1. The van der Waals surface area contributed by atoms with Gasteiger partial charge >= 0.3 is 6.18 Å². The van der Waals surface area contributed by atoms with Crippen molar-refractivity contribution in [3.63, 3.8) is 0 Å². The first kappa shape index (κ1) is 16.6. The highest BCUT2D eigenvalue weighted by molar-refractivity contribution is 9.10. The monoisotopic (exact) mass is 375 g/mol. The fourth-order valence-electron chi connectivity index (χ4n) is 2.09. The van der Waals surface area contributed by atoms with Gasteiger partial charge in [-0.2, -0.15) is 13.2 Å². The minimum absolute atomic E-state index is 0.0362. The number of carbonyl (C=O) groups is 1. The van der Waals surface area contributed by atoms with Gasteiger partial charge in [0, 0.05) is 19.2 Å². The van der Waals surface area contributed by atoms with Gasteiger partial charge in [-0.1, -0.05) is 18.2 Å². The Morgan fingerprint density at radius 1 is 1.32 bits per heavy atom. The van der Waals surface area contributed by atoms with Crippen molar-refractivity contribution >= 4 is 21.8 Å².